The third kappa shape index (κ3) is 3.75. The molecule has 0 saturated carbocycles. The lowest BCUT2D eigenvalue weighted by atomic mass is 10.3. The van der Waals surface area contributed by atoms with Gasteiger partial charge in [0.05, 0.1) is 0 Å². The van der Waals surface area contributed by atoms with Crippen LogP contribution in [0.25, 0.3) is 0 Å². The number of rotatable bonds is 7. The second-order valence-corrected chi connectivity index (χ2v) is 6.86. The maximum atomic E-state index is 12.4. The van der Waals surface area contributed by atoms with E-state index in [2.05, 4.69) is 0 Å². The van der Waals surface area contributed by atoms with Crippen molar-refractivity contribution in [1.82, 2.24) is 8.87 Å². The highest BCUT2D eigenvalue weighted by Gasteiger charge is 2.26. The number of carbonyl (C=O) groups is 2. The van der Waals surface area contributed by atoms with Crippen LogP contribution in [-0.2, 0) is 26.6 Å². The van der Waals surface area contributed by atoms with Gasteiger partial charge < -0.3 is 9.30 Å². The zero-order chi connectivity index (χ0) is 17.1. The van der Waals surface area contributed by atoms with Gasteiger partial charge in [-0.2, -0.15) is 4.31 Å². The first-order chi connectivity index (χ1) is 10.1. The fraction of sp³-hybridized carbons (Fsp3) is 0.571. The second-order valence-electron chi connectivity index (χ2n) is 4.92. The molecule has 1 aromatic rings. The van der Waals surface area contributed by atoms with Crippen LogP contribution in [0.3, 0.4) is 0 Å². The summed E-state index contributed by atoms with van der Waals surface area (Å²) in [5, 5.41) is 0. The van der Waals surface area contributed by atoms with Crippen molar-refractivity contribution < 1.29 is 22.7 Å². The Labute approximate surface area is 130 Å². The summed E-state index contributed by atoms with van der Waals surface area (Å²) >= 11 is 0. The van der Waals surface area contributed by atoms with Crippen molar-refractivity contribution >= 4 is 21.8 Å². The molecular weight excluding hydrogens is 308 g/mol. The van der Waals surface area contributed by atoms with E-state index in [9.17, 15) is 18.0 Å². The zero-order valence-electron chi connectivity index (χ0n) is 13.5. The minimum atomic E-state index is -3.64. The smallest absolute Gasteiger partial charge is 0.355 e. The van der Waals surface area contributed by atoms with Crippen LogP contribution in [0.4, 0.5) is 0 Å². The van der Waals surface area contributed by atoms with Crippen molar-refractivity contribution in [1.29, 1.82) is 0 Å². The van der Waals surface area contributed by atoms with Gasteiger partial charge in [-0.15, -0.1) is 0 Å². The average molecular weight is 330 g/mol. The molecule has 0 spiro atoms. The normalized spacial score (nSPS) is 13.2. The van der Waals surface area contributed by atoms with Crippen LogP contribution >= 0.6 is 0 Å². The molecule has 124 valence electrons. The van der Waals surface area contributed by atoms with Crippen LogP contribution in [0.1, 0.15) is 38.2 Å². The third-order valence-electron chi connectivity index (χ3n) is 3.39. The number of Topliss-reactive ketones (excluding diaryl/α,β-unsaturated/α-hetero) is 1. The summed E-state index contributed by atoms with van der Waals surface area (Å²) in [6.45, 7) is 6.96. The van der Waals surface area contributed by atoms with Gasteiger partial charge in [0, 0.05) is 26.3 Å². The van der Waals surface area contributed by atoms with E-state index in [-0.39, 0.29) is 16.4 Å². The average Bonchev–Trinajstić information content (AvgIpc) is 2.82. The standard InChI is InChI=1S/C14H22N2O5S/c1-6-16(7-2)22(19,20)12-8-13(15(5)9-12)14(18)21-11(4)10(3)17/h8-9,11H,6-7H2,1-5H3. The molecule has 1 unspecified atom stereocenters. The number of nitrogens with zero attached hydrogens (tertiary/aromatic N) is 2. The highest BCUT2D eigenvalue weighted by Crippen LogP contribution is 2.19. The molecule has 7 nitrogen and oxygen atoms in total. The first kappa shape index (κ1) is 18.4. The molecule has 0 N–H and O–H groups in total. The molecule has 22 heavy (non-hydrogen) atoms. The molecule has 0 radical (unpaired) electrons. The van der Waals surface area contributed by atoms with Crippen molar-refractivity contribution in [3.63, 3.8) is 0 Å². The number of ketones is 1. The molecule has 0 bridgehead atoms. The van der Waals surface area contributed by atoms with E-state index in [0.717, 1.165) is 0 Å². The number of hydrogen-bond acceptors (Lipinski definition) is 5. The van der Waals surface area contributed by atoms with E-state index in [1.165, 1.54) is 35.0 Å². The van der Waals surface area contributed by atoms with Crippen LogP contribution in [0.15, 0.2) is 17.2 Å². The fourth-order valence-corrected chi connectivity index (χ4v) is 3.42. The van der Waals surface area contributed by atoms with E-state index < -0.39 is 22.1 Å². The van der Waals surface area contributed by atoms with Gasteiger partial charge in [-0.25, -0.2) is 13.2 Å². The summed E-state index contributed by atoms with van der Waals surface area (Å²) in [7, 11) is -2.09. The highest BCUT2D eigenvalue weighted by molar-refractivity contribution is 7.89. The molecule has 0 aliphatic carbocycles. The molecule has 0 saturated heterocycles. The molecule has 0 aliphatic rings. The van der Waals surface area contributed by atoms with Crippen LogP contribution in [0.2, 0.25) is 0 Å². The van der Waals surface area contributed by atoms with E-state index >= 15 is 0 Å². The molecule has 1 aromatic heterocycles. The first-order valence-electron chi connectivity index (χ1n) is 7.03. The minimum absolute atomic E-state index is 0.0288. The number of aromatic nitrogens is 1. The maximum absolute atomic E-state index is 12.4. The largest absolute Gasteiger partial charge is 0.450 e. The maximum Gasteiger partial charge on any atom is 0.355 e. The van der Waals surface area contributed by atoms with E-state index in [1.807, 2.05) is 0 Å². The highest BCUT2D eigenvalue weighted by atomic mass is 32.2. The number of esters is 1. The van der Waals surface area contributed by atoms with Crippen LogP contribution < -0.4 is 0 Å². The van der Waals surface area contributed by atoms with Gasteiger partial charge >= 0.3 is 5.97 Å². The van der Waals surface area contributed by atoms with Crippen LogP contribution in [0, 0.1) is 0 Å². The van der Waals surface area contributed by atoms with Crippen molar-refractivity contribution in [3.05, 3.63) is 18.0 Å². The fourth-order valence-electron chi connectivity index (χ4n) is 1.89. The van der Waals surface area contributed by atoms with Gasteiger partial charge in [-0.05, 0) is 19.9 Å². The number of ether oxygens (including phenoxy) is 1. The summed E-state index contributed by atoms with van der Waals surface area (Å²) in [5.74, 6) is -1.01. The Morgan fingerprint density at radius 1 is 1.32 bits per heavy atom. The van der Waals surface area contributed by atoms with Crippen LogP contribution in [-0.4, -0.2) is 48.2 Å². The summed E-state index contributed by atoms with van der Waals surface area (Å²) in [4.78, 5) is 23.2. The summed E-state index contributed by atoms with van der Waals surface area (Å²) < 4.78 is 32.5. The predicted molar refractivity (Wildman–Crippen MR) is 81.1 cm³/mol. The van der Waals surface area contributed by atoms with Gasteiger partial charge in [-0.1, -0.05) is 13.8 Å². The van der Waals surface area contributed by atoms with E-state index in [4.69, 9.17) is 4.74 Å². The van der Waals surface area contributed by atoms with Gasteiger partial charge in [0.25, 0.3) is 0 Å². The van der Waals surface area contributed by atoms with Crippen molar-refractivity contribution in [2.75, 3.05) is 13.1 Å². The molecule has 0 fully saturated rings. The predicted octanol–water partition coefficient (Wildman–Crippen LogP) is 1.19. The number of hydrogen-bond donors (Lipinski definition) is 0. The Kier molecular flexibility index (Phi) is 5.90. The molecule has 1 heterocycles. The molecule has 0 aliphatic heterocycles. The monoisotopic (exact) mass is 330 g/mol. The quantitative estimate of drug-likeness (QED) is 0.701. The van der Waals surface area contributed by atoms with Crippen molar-refractivity contribution in [2.45, 2.75) is 38.7 Å². The summed E-state index contributed by atoms with van der Waals surface area (Å²) in [6, 6.07) is 1.27. The first-order valence-corrected chi connectivity index (χ1v) is 8.47. The Bertz CT molecular complexity index is 659. The Morgan fingerprint density at radius 3 is 2.32 bits per heavy atom. The molecule has 0 aromatic carbocycles. The SMILES string of the molecule is CCN(CC)S(=O)(=O)c1cc(C(=O)OC(C)C(C)=O)n(C)c1. The van der Waals surface area contributed by atoms with Gasteiger partial charge in [0.15, 0.2) is 11.9 Å². The van der Waals surface area contributed by atoms with E-state index in [1.54, 1.807) is 20.9 Å². The summed E-state index contributed by atoms with van der Waals surface area (Å²) in [6.07, 6.45) is 0.494. The summed E-state index contributed by atoms with van der Waals surface area (Å²) in [5.41, 5.74) is 0.0823. The number of carbonyl (C=O) groups excluding carboxylic acids is 2. The molecule has 1 rings (SSSR count). The zero-order valence-corrected chi connectivity index (χ0v) is 14.3. The van der Waals surface area contributed by atoms with Gasteiger partial charge in [-0.3, -0.25) is 4.79 Å². The number of aryl methyl sites for hydroxylation is 1. The lowest BCUT2D eigenvalue weighted by Gasteiger charge is -2.17. The van der Waals surface area contributed by atoms with Gasteiger partial charge in [0.1, 0.15) is 10.6 Å². The Hall–Kier alpha value is -1.67. The van der Waals surface area contributed by atoms with E-state index in [0.29, 0.717) is 13.1 Å². The molecular formula is C14H22N2O5S. The topological polar surface area (TPSA) is 85.7 Å². The Morgan fingerprint density at radius 2 is 1.86 bits per heavy atom. The lowest BCUT2D eigenvalue weighted by Crippen LogP contribution is -2.30. The van der Waals surface area contributed by atoms with Crippen molar-refractivity contribution in [2.24, 2.45) is 7.05 Å². The number of sulfonamides is 1. The minimum Gasteiger partial charge on any atom is -0.450 e. The van der Waals surface area contributed by atoms with Crippen LogP contribution in [0.5, 0.6) is 0 Å². The Balaban J connectivity index is 3.11. The second kappa shape index (κ2) is 7.06. The lowest BCUT2D eigenvalue weighted by molar-refractivity contribution is -0.124. The molecule has 1 atom stereocenters. The third-order valence-corrected chi connectivity index (χ3v) is 5.40. The molecule has 0 amide bonds. The molecule has 8 heteroatoms. The van der Waals surface area contributed by atoms with Gasteiger partial charge in [0.2, 0.25) is 10.0 Å². The van der Waals surface area contributed by atoms with Crippen molar-refractivity contribution in [3.8, 4) is 0 Å².